The van der Waals surface area contributed by atoms with E-state index in [9.17, 15) is 0 Å². The first-order valence-corrected chi connectivity index (χ1v) is 31.0. The molecule has 0 aromatic heterocycles. The van der Waals surface area contributed by atoms with Crippen LogP contribution in [0.15, 0.2) is 292 Å². The Hall–Kier alpha value is -9.09. The predicted molar refractivity (Wildman–Crippen MR) is 378 cm³/mol. The molecule has 86 heavy (non-hydrogen) atoms. The molecule has 0 spiro atoms. The molecule has 1 aliphatic carbocycles. The molecule has 5 aromatic rings. The van der Waals surface area contributed by atoms with Crippen molar-refractivity contribution in [3.63, 3.8) is 0 Å². The maximum absolute atomic E-state index is 5.50. The van der Waals surface area contributed by atoms with Crippen LogP contribution < -0.4 is 9.80 Å². The Morgan fingerprint density at radius 2 is 1.23 bits per heavy atom. The fourth-order valence-electron chi connectivity index (χ4n) is 10.4. The van der Waals surface area contributed by atoms with Gasteiger partial charge in [-0.15, -0.1) is 12.8 Å². The molecule has 2 bridgehead atoms. The third-order valence-electron chi connectivity index (χ3n) is 14.4. The van der Waals surface area contributed by atoms with Gasteiger partial charge in [-0.05, 0) is 116 Å². The van der Waals surface area contributed by atoms with Crippen LogP contribution in [0.3, 0.4) is 0 Å². The molecule has 2 atom stereocenters. The Balaban J connectivity index is 0.00000128. The van der Waals surface area contributed by atoms with Crippen LogP contribution in [-0.4, -0.2) is 54.1 Å². The van der Waals surface area contributed by atoms with Gasteiger partial charge in [-0.3, -0.25) is 14.8 Å². The molecule has 7 nitrogen and oxygen atoms in total. The molecule has 5 aliphatic rings. The summed E-state index contributed by atoms with van der Waals surface area (Å²) in [7, 11) is 0. The number of benzene rings is 5. The molecule has 5 aromatic carbocycles. The van der Waals surface area contributed by atoms with Crippen molar-refractivity contribution >= 4 is 41.1 Å². The summed E-state index contributed by atoms with van der Waals surface area (Å²) in [5.74, 6) is 1.29. The lowest BCUT2D eigenvalue weighted by Gasteiger charge is -2.36. The van der Waals surface area contributed by atoms with Gasteiger partial charge < -0.3 is 9.80 Å². The summed E-state index contributed by atoms with van der Waals surface area (Å²) in [5.41, 5.74) is 15.5. The molecule has 0 saturated carbocycles. The zero-order chi connectivity index (χ0) is 62.1. The fourth-order valence-corrected chi connectivity index (χ4v) is 10.4. The van der Waals surface area contributed by atoms with Crippen molar-refractivity contribution in [2.75, 3.05) is 29.6 Å². The second kappa shape index (κ2) is 37.3. The lowest BCUT2D eigenvalue weighted by Crippen LogP contribution is -2.33. The van der Waals surface area contributed by atoms with Gasteiger partial charge in [0.15, 0.2) is 5.84 Å². The minimum atomic E-state index is 0.0393. The van der Waals surface area contributed by atoms with E-state index in [1.54, 1.807) is 0 Å². The van der Waals surface area contributed by atoms with Crippen molar-refractivity contribution in [3.05, 3.63) is 288 Å². The number of hydrogen-bond donors (Lipinski definition) is 0. The molecule has 2 unspecified atom stereocenters. The van der Waals surface area contributed by atoms with Crippen LogP contribution in [0.4, 0.5) is 17.1 Å². The van der Waals surface area contributed by atoms with Crippen molar-refractivity contribution in [1.82, 2.24) is 9.80 Å². The van der Waals surface area contributed by atoms with Crippen molar-refractivity contribution in [2.45, 2.75) is 107 Å². The van der Waals surface area contributed by atoms with Gasteiger partial charge in [-0.1, -0.05) is 263 Å². The fraction of sp³-hybridized carbons (Fsp3) is 0.253. The van der Waals surface area contributed by atoms with E-state index in [2.05, 4.69) is 284 Å². The normalized spacial score (nSPS) is 21.6. The highest BCUT2D eigenvalue weighted by Crippen LogP contribution is 2.45. The van der Waals surface area contributed by atoms with Gasteiger partial charge in [0, 0.05) is 65.1 Å². The Bertz CT molecular complexity index is 3370. The summed E-state index contributed by atoms with van der Waals surface area (Å²) in [6.45, 7) is 31.3. The van der Waals surface area contributed by atoms with Gasteiger partial charge in [-0.2, -0.15) is 4.99 Å². The maximum atomic E-state index is 5.50. The molecule has 4 heterocycles. The average molecular weight is 1140 g/mol. The van der Waals surface area contributed by atoms with Crippen LogP contribution in [0.2, 0.25) is 0 Å². The van der Waals surface area contributed by atoms with Gasteiger partial charge in [0.2, 0.25) is 5.96 Å². The van der Waals surface area contributed by atoms with Gasteiger partial charge in [0.25, 0.3) is 0 Å². The molecule has 0 saturated heterocycles. The Kier molecular flexibility index (Phi) is 29.3. The van der Waals surface area contributed by atoms with E-state index >= 15 is 0 Å². The van der Waals surface area contributed by atoms with Gasteiger partial charge >= 0.3 is 0 Å². The smallest absolute Gasteiger partial charge is 0.236 e. The number of nitrogens with zero attached hydrogens (tertiary/aromatic N) is 7. The lowest BCUT2D eigenvalue weighted by atomic mass is 9.90. The number of terminal acetylenes is 1. The van der Waals surface area contributed by atoms with Crippen LogP contribution in [0.1, 0.15) is 112 Å². The number of rotatable bonds is 6. The average Bonchev–Trinajstić information content (AvgIpc) is 1.50. The van der Waals surface area contributed by atoms with Crippen LogP contribution in [-0.2, 0) is 0 Å². The Morgan fingerprint density at radius 3 is 1.93 bits per heavy atom. The molecule has 4 aliphatic heterocycles. The molecule has 0 N–H and O–H groups in total. The summed E-state index contributed by atoms with van der Waals surface area (Å²) >= 11 is 0. The van der Waals surface area contributed by atoms with E-state index in [0.29, 0.717) is 43.8 Å². The molecule has 444 valence electrons. The summed E-state index contributed by atoms with van der Waals surface area (Å²) < 4.78 is 0. The molecule has 0 radical (unpaired) electrons. The number of aliphatic imine (C=N–C) groups is 3. The second-order valence-corrected chi connectivity index (χ2v) is 19.7. The van der Waals surface area contributed by atoms with E-state index in [1.807, 2.05) is 61.5 Å². The monoisotopic (exact) mass is 1140 g/mol. The zero-order valence-electron chi connectivity index (χ0n) is 53.0. The van der Waals surface area contributed by atoms with Crippen LogP contribution in [0.25, 0.3) is 16.7 Å². The quantitative estimate of drug-likeness (QED) is 0.0966. The van der Waals surface area contributed by atoms with Gasteiger partial charge in [0.1, 0.15) is 0 Å². The van der Waals surface area contributed by atoms with Crippen molar-refractivity contribution in [1.29, 1.82) is 0 Å². The SMILES string of the molecule is C#C.C=NC(=N/C(=N\CN1C/C=C2\C/C(=C\C(C)C/C=C\C=C/C1C)N(c1ccccc1)c1ccccc12)c1ccc(-c2ccccc2)cc1)N1C(=C)/C=C2/C/C=C\C=C/CN(c3ccccc3)/C2=C/CC2=C1C=CCC=C2.CC.CC.CC.CC. The summed E-state index contributed by atoms with van der Waals surface area (Å²) in [4.78, 5) is 25.1. The summed E-state index contributed by atoms with van der Waals surface area (Å²) in [6.07, 6.45) is 47.8. The third kappa shape index (κ3) is 18.2. The third-order valence-corrected chi connectivity index (χ3v) is 14.4. The highest BCUT2D eigenvalue weighted by Gasteiger charge is 2.28. The summed E-state index contributed by atoms with van der Waals surface area (Å²) in [6, 6.07) is 49.3. The van der Waals surface area contributed by atoms with E-state index in [-0.39, 0.29) is 6.04 Å². The first-order valence-electron chi connectivity index (χ1n) is 31.0. The topological polar surface area (TPSA) is 50.0 Å². The number of fused-ring (bicyclic) bond motifs is 5. The highest BCUT2D eigenvalue weighted by atomic mass is 15.3. The molecule has 7 heteroatoms. The van der Waals surface area contributed by atoms with E-state index < -0.39 is 0 Å². The van der Waals surface area contributed by atoms with Gasteiger partial charge in [-0.25, -0.2) is 4.99 Å². The minimum Gasteiger partial charge on any atom is -0.338 e. The molecular weight excluding hydrogens is 1050 g/mol. The number of amidine groups is 1. The van der Waals surface area contributed by atoms with Crippen molar-refractivity contribution in [2.24, 2.45) is 20.9 Å². The molecule has 0 fully saturated rings. The van der Waals surface area contributed by atoms with E-state index in [4.69, 9.17) is 21.6 Å². The number of guanidine groups is 1. The van der Waals surface area contributed by atoms with Gasteiger partial charge in [0.05, 0.1) is 18.1 Å². The van der Waals surface area contributed by atoms with Crippen LogP contribution in [0.5, 0.6) is 0 Å². The van der Waals surface area contributed by atoms with Crippen molar-refractivity contribution < 1.29 is 0 Å². The van der Waals surface area contributed by atoms with Crippen LogP contribution in [0, 0.1) is 18.8 Å². The standard InChI is InChI=1S/C69H67N7.4C2H6.C2H2/c1-52-26-12-7-13-27-53(2)73(47-45-59-50-63(48-52)76(62-34-20-11-21-35-62)67-38-24-23-36-64(59)67)51-71-68(58-41-39-56(40-42-58)55-28-15-8-16-29-55)72-69(70-4)75-54(3)49-60-31-14-5-6-25-46-74(61-32-18-10-19-33-61)65(60)44-43-57-30-17-9-22-37-66(57)75;5*1-2/h5-8,10-25,27-30,32-42,44-45,48-49,52-53H,3-4,9,26,31,43,46-47,50-51H2,1-2H3;4*1-2H3;1-2H/b12-7-,14-5-,25-6-,27-13-,59-45+,60-49-,63-48+,65-44+,71-68-,72-69?;;;;;. The Morgan fingerprint density at radius 1 is 0.616 bits per heavy atom. The second-order valence-electron chi connectivity index (χ2n) is 19.7. The molecular formula is C79H93N7. The maximum Gasteiger partial charge on any atom is 0.236 e. The molecule has 10 rings (SSSR count). The van der Waals surface area contributed by atoms with Crippen molar-refractivity contribution in [3.8, 4) is 24.0 Å². The first-order chi connectivity index (χ1) is 42.4. The van der Waals surface area contributed by atoms with E-state index in [0.717, 1.165) is 76.4 Å². The zero-order valence-corrected chi connectivity index (χ0v) is 53.0. The summed E-state index contributed by atoms with van der Waals surface area (Å²) in [5, 5.41) is 0. The first kappa shape index (κ1) is 67.7. The van der Waals surface area contributed by atoms with E-state index in [1.165, 1.54) is 28.2 Å². The number of anilines is 3. The highest BCUT2D eigenvalue weighted by molar-refractivity contribution is 6.08. The number of para-hydroxylation sites is 3. The largest absolute Gasteiger partial charge is 0.338 e. The molecule has 0 amide bonds. The lowest BCUT2D eigenvalue weighted by molar-refractivity contribution is 0.276. The number of allylic oxidation sites excluding steroid dienone is 16. The minimum absolute atomic E-state index is 0.0393. The predicted octanol–water partition coefficient (Wildman–Crippen LogP) is 20.6. The number of hydrogen-bond acceptors (Lipinski definition) is 4. The van der Waals surface area contributed by atoms with Crippen LogP contribution >= 0.6 is 0 Å². The Labute approximate surface area is 518 Å².